The lowest BCUT2D eigenvalue weighted by molar-refractivity contribution is -0.140. The summed E-state index contributed by atoms with van der Waals surface area (Å²) in [6.07, 6.45) is 6.79. The van der Waals surface area contributed by atoms with Gasteiger partial charge in [0, 0.05) is 73.5 Å². The molecule has 0 saturated heterocycles. The molecule has 5 aromatic rings. The van der Waals surface area contributed by atoms with Crippen molar-refractivity contribution in [3.8, 4) is 17.2 Å². The van der Waals surface area contributed by atoms with Gasteiger partial charge in [-0.15, -0.1) is 0 Å². The Labute approximate surface area is 398 Å². The standard InChI is InChI=1S/C55H60N4O9/c1-5-20-65-22-23-66-21-19-57(18-10-15-53(60)64-4)43-26-37(34-67-50-32-47-46(24-36(50)2)55(62)59-44(33-56-47)29-41-12-7-9-14-49(41)59)25-38(27-43)35-68-52-30-39-16-17-42-28-40-11-6-8-13-48(40)58(42)54(61)45(39)31-51(52)63-3/h6-9,11-14,24-27,30-33,42,44H,5,10,15-23,28-29,34-35H2,1-4H3/t42?,44-/m0/s1. The van der Waals surface area contributed by atoms with Crippen molar-refractivity contribution in [1.82, 2.24) is 0 Å². The average Bonchev–Trinajstić information content (AvgIpc) is 3.85. The molecule has 9 rings (SSSR count). The third kappa shape index (κ3) is 9.95. The predicted octanol–water partition coefficient (Wildman–Crippen LogP) is 9.17. The van der Waals surface area contributed by atoms with Crippen LogP contribution in [-0.4, -0.2) is 89.8 Å². The Morgan fingerprint density at radius 3 is 2.15 bits per heavy atom. The predicted molar refractivity (Wildman–Crippen MR) is 263 cm³/mol. The fraction of sp³-hybridized carbons (Fsp3) is 0.382. The normalized spacial score (nSPS) is 16.5. The molecule has 4 heterocycles. The number of ether oxygens (including phenoxy) is 6. The maximum Gasteiger partial charge on any atom is 0.305 e. The Kier molecular flexibility index (Phi) is 14.4. The zero-order valence-electron chi connectivity index (χ0n) is 39.5. The van der Waals surface area contributed by atoms with E-state index in [-0.39, 0.29) is 49.5 Å². The highest BCUT2D eigenvalue weighted by Crippen LogP contribution is 2.42. The van der Waals surface area contributed by atoms with Gasteiger partial charge in [-0.05, 0) is 121 Å². The van der Waals surface area contributed by atoms with Crippen molar-refractivity contribution in [2.24, 2.45) is 4.99 Å². The number of anilines is 3. The minimum Gasteiger partial charge on any atom is -0.493 e. The Morgan fingerprint density at radius 1 is 0.721 bits per heavy atom. The van der Waals surface area contributed by atoms with Crippen molar-refractivity contribution in [2.75, 3.05) is 68.4 Å². The van der Waals surface area contributed by atoms with Crippen LogP contribution in [0.25, 0.3) is 0 Å². The molecule has 4 aliphatic heterocycles. The number of carbonyl (C=O) groups is 3. The average molecular weight is 921 g/mol. The molecular weight excluding hydrogens is 861 g/mol. The number of benzene rings is 5. The number of methoxy groups -OCH3 is 2. The van der Waals surface area contributed by atoms with E-state index in [9.17, 15) is 14.4 Å². The van der Waals surface area contributed by atoms with Crippen LogP contribution in [0.3, 0.4) is 0 Å². The summed E-state index contributed by atoms with van der Waals surface area (Å²) < 4.78 is 35.7. The molecule has 0 N–H and O–H groups in total. The maximum absolute atomic E-state index is 14.2. The number of amides is 2. The van der Waals surface area contributed by atoms with E-state index >= 15 is 0 Å². The fourth-order valence-corrected chi connectivity index (χ4v) is 9.84. The topological polar surface area (TPSA) is 129 Å². The van der Waals surface area contributed by atoms with Crippen LogP contribution in [0.2, 0.25) is 0 Å². The Hall–Kier alpha value is -6.70. The highest BCUT2D eigenvalue weighted by Gasteiger charge is 2.38. The number of hydrogen-bond acceptors (Lipinski definition) is 11. The minimum atomic E-state index is -0.264. The second-order valence-electron chi connectivity index (χ2n) is 17.8. The van der Waals surface area contributed by atoms with Crippen LogP contribution < -0.4 is 28.9 Å². The lowest BCUT2D eigenvalue weighted by atomic mass is 9.99. The SMILES string of the molecule is CCCOCCOCCN(CCCC(=O)OC)c1cc(COc2cc3c(cc2C)C(=O)N2c4ccccc4C[C@H]2C=N3)cc(COc2cc3c(cc2OC)C(=O)N2c4ccccc4CC2CC3)c1. The molecule has 0 saturated carbocycles. The molecule has 5 aromatic carbocycles. The van der Waals surface area contributed by atoms with Crippen LogP contribution in [0, 0.1) is 6.92 Å². The molecule has 0 aromatic heterocycles. The molecule has 13 heteroatoms. The van der Waals surface area contributed by atoms with Gasteiger partial charge in [0.05, 0.1) is 51.3 Å². The van der Waals surface area contributed by atoms with Crippen molar-refractivity contribution < 1.29 is 42.8 Å². The number of esters is 1. The number of nitrogens with zero attached hydrogens (tertiary/aromatic N) is 4. The summed E-state index contributed by atoms with van der Waals surface area (Å²) in [6.45, 7) is 7.71. The largest absolute Gasteiger partial charge is 0.493 e. The molecule has 0 radical (unpaired) electrons. The lowest BCUT2D eigenvalue weighted by Gasteiger charge is -2.26. The molecule has 1 unspecified atom stereocenters. The Bertz CT molecular complexity index is 2700. The zero-order chi connectivity index (χ0) is 47.1. The van der Waals surface area contributed by atoms with Gasteiger partial charge in [0.2, 0.25) is 0 Å². The summed E-state index contributed by atoms with van der Waals surface area (Å²) in [5.41, 5.74) is 10.4. The van der Waals surface area contributed by atoms with Gasteiger partial charge in [-0.25, -0.2) is 0 Å². The monoisotopic (exact) mass is 920 g/mol. The van der Waals surface area contributed by atoms with Gasteiger partial charge in [-0.1, -0.05) is 43.3 Å². The Balaban J connectivity index is 0.982. The van der Waals surface area contributed by atoms with Crippen molar-refractivity contribution in [3.63, 3.8) is 0 Å². The van der Waals surface area contributed by atoms with Gasteiger partial charge in [0.25, 0.3) is 11.8 Å². The highest BCUT2D eigenvalue weighted by atomic mass is 16.5. The van der Waals surface area contributed by atoms with E-state index in [2.05, 4.69) is 42.2 Å². The molecule has 0 aliphatic carbocycles. The molecule has 354 valence electrons. The van der Waals surface area contributed by atoms with Crippen LogP contribution in [-0.2, 0) is 51.5 Å². The van der Waals surface area contributed by atoms with Crippen LogP contribution in [0.15, 0.2) is 96.0 Å². The van der Waals surface area contributed by atoms with E-state index in [1.165, 1.54) is 12.7 Å². The number of carbonyl (C=O) groups excluding carboxylic acids is 3. The van der Waals surface area contributed by atoms with E-state index < -0.39 is 0 Å². The molecule has 2 amide bonds. The summed E-state index contributed by atoms with van der Waals surface area (Å²) in [4.78, 5) is 51.3. The molecule has 13 nitrogen and oxygen atoms in total. The second kappa shape index (κ2) is 21.1. The molecule has 0 fully saturated rings. The number of rotatable bonds is 20. The molecular formula is C55H60N4O9. The third-order valence-electron chi connectivity index (χ3n) is 13.3. The van der Waals surface area contributed by atoms with Gasteiger partial charge < -0.3 is 38.2 Å². The maximum atomic E-state index is 14.2. The number of aryl methyl sites for hydroxylation is 2. The van der Waals surface area contributed by atoms with Gasteiger partial charge in [0.15, 0.2) is 11.5 Å². The van der Waals surface area contributed by atoms with Crippen LogP contribution >= 0.6 is 0 Å². The first-order valence-corrected chi connectivity index (χ1v) is 23.8. The molecule has 0 spiro atoms. The van der Waals surface area contributed by atoms with Gasteiger partial charge >= 0.3 is 5.97 Å². The highest BCUT2D eigenvalue weighted by molar-refractivity contribution is 6.14. The van der Waals surface area contributed by atoms with Gasteiger partial charge in [-0.2, -0.15) is 0 Å². The Morgan fingerprint density at radius 2 is 1.41 bits per heavy atom. The number of fused-ring (bicyclic) bond motifs is 8. The third-order valence-corrected chi connectivity index (χ3v) is 13.3. The van der Waals surface area contributed by atoms with Gasteiger partial charge in [-0.3, -0.25) is 24.3 Å². The van der Waals surface area contributed by atoms with E-state index in [4.69, 9.17) is 33.4 Å². The molecule has 68 heavy (non-hydrogen) atoms. The van der Waals surface area contributed by atoms with Crippen molar-refractivity contribution in [3.05, 3.63) is 136 Å². The zero-order valence-corrected chi connectivity index (χ0v) is 39.5. The summed E-state index contributed by atoms with van der Waals surface area (Å²) in [5.74, 6) is 1.30. The lowest BCUT2D eigenvalue weighted by Crippen LogP contribution is -2.37. The summed E-state index contributed by atoms with van der Waals surface area (Å²) in [6, 6.07) is 29.9. The van der Waals surface area contributed by atoms with Crippen molar-refractivity contribution in [1.29, 1.82) is 0 Å². The first kappa shape index (κ1) is 46.4. The molecule has 2 atom stereocenters. The smallest absolute Gasteiger partial charge is 0.305 e. The summed E-state index contributed by atoms with van der Waals surface area (Å²) in [7, 11) is 3.00. The van der Waals surface area contributed by atoms with Crippen LogP contribution in [0.1, 0.15) is 86.7 Å². The summed E-state index contributed by atoms with van der Waals surface area (Å²) in [5, 5.41) is 0. The quantitative estimate of drug-likeness (QED) is 0.0551. The van der Waals surface area contributed by atoms with Crippen LogP contribution in [0.5, 0.6) is 17.2 Å². The number of para-hydroxylation sites is 2. The van der Waals surface area contributed by atoms with E-state index in [1.54, 1.807) is 7.11 Å². The second-order valence-corrected chi connectivity index (χ2v) is 17.8. The summed E-state index contributed by atoms with van der Waals surface area (Å²) >= 11 is 0. The number of hydrogen-bond donors (Lipinski definition) is 0. The van der Waals surface area contributed by atoms with Gasteiger partial charge in [0.1, 0.15) is 19.0 Å². The van der Waals surface area contributed by atoms with Crippen molar-refractivity contribution in [2.45, 2.75) is 84.1 Å². The fourth-order valence-electron chi connectivity index (χ4n) is 9.84. The molecule has 0 bridgehead atoms. The first-order valence-electron chi connectivity index (χ1n) is 23.8. The van der Waals surface area contributed by atoms with E-state index in [1.807, 2.05) is 83.6 Å². The number of aliphatic imine (C=N–C) groups is 1. The van der Waals surface area contributed by atoms with Crippen LogP contribution in [0.4, 0.5) is 22.7 Å². The van der Waals surface area contributed by atoms with E-state index in [0.29, 0.717) is 80.0 Å². The molecule has 4 aliphatic rings. The van der Waals surface area contributed by atoms with E-state index in [0.717, 1.165) is 77.0 Å². The first-order chi connectivity index (χ1) is 33.2. The van der Waals surface area contributed by atoms with Crippen molar-refractivity contribution >= 4 is 46.7 Å². The minimum absolute atomic E-state index is 0.0198.